The van der Waals surface area contributed by atoms with Gasteiger partial charge in [0.25, 0.3) is 0 Å². The fraction of sp³-hybridized carbons (Fsp3) is 0.188. The van der Waals surface area contributed by atoms with Crippen molar-refractivity contribution < 1.29 is 19.0 Å². The number of aliphatic hydroxyl groups excluding tert-OH is 1. The van der Waals surface area contributed by atoms with Crippen molar-refractivity contribution in [3.63, 3.8) is 0 Å². The van der Waals surface area contributed by atoms with E-state index >= 15 is 0 Å². The number of ether oxygens (including phenoxy) is 1. The lowest BCUT2D eigenvalue weighted by molar-refractivity contribution is 0.229. The minimum absolute atomic E-state index is 0.191. The quantitative estimate of drug-likeness (QED) is 0.795. The Kier molecular flexibility index (Phi) is 5.32. The van der Waals surface area contributed by atoms with E-state index in [9.17, 15) is 9.18 Å². The molecule has 0 saturated carbocycles. The third kappa shape index (κ3) is 4.46. The second kappa shape index (κ2) is 7.42. The summed E-state index contributed by atoms with van der Waals surface area (Å²) in [6.07, 6.45) is 0. The van der Waals surface area contributed by atoms with Crippen molar-refractivity contribution in [2.75, 3.05) is 11.9 Å². The zero-order chi connectivity index (χ0) is 15.9. The van der Waals surface area contributed by atoms with Crippen LogP contribution in [-0.2, 0) is 0 Å². The number of rotatable bonds is 5. The molecule has 2 aromatic carbocycles. The molecule has 6 heteroatoms. The Morgan fingerprint density at radius 1 is 1.27 bits per heavy atom. The maximum atomic E-state index is 13.4. The zero-order valence-electron chi connectivity index (χ0n) is 12.0. The van der Waals surface area contributed by atoms with Crippen LogP contribution >= 0.6 is 0 Å². The first-order valence-corrected chi connectivity index (χ1v) is 6.79. The Labute approximate surface area is 127 Å². The Bertz CT molecular complexity index is 635. The van der Waals surface area contributed by atoms with Gasteiger partial charge in [0.05, 0.1) is 18.3 Å². The summed E-state index contributed by atoms with van der Waals surface area (Å²) >= 11 is 0. The molecule has 1 unspecified atom stereocenters. The summed E-state index contributed by atoms with van der Waals surface area (Å²) in [5.41, 5.74) is 0.200. The number of para-hydroxylation sites is 1. The van der Waals surface area contributed by atoms with Gasteiger partial charge in [0.15, 0.2) is 5.75 Å². The van der Waals surface area contributed by atoms with Gasteiger partial charge in [-0.25, -0.2) is 9.18 Å². The number of aliphatic hydroxyl groups is 1. The second-order valence-corrected chi connectivity index (χ2v) is 4.74. The summed E-state index contributed by atoms with van der Waals surface area (Å²) in [5, 5.41) is 13.9. The van der Waals surface area contributed by atoms with Crippen molar-refractivity contribution in [3.8, 4) is 11.5 Å². The number of nitrogens with one attached hydrogen (secondary N) is 2. The van der Waals surface area contributed by atoms with Gasteiger partial charge in [-0.15, -0.1) is 0 Å². The third-order valence-corrected chi connectivity index (χ3v) is 2.81. The van der Waals surface area contributed by atoms with Crippen LogP contribution < -0.4 is 15.4 Å². The van der Waals surface area contributed by atoms with Gasteiger partial charge in [0.1, 0.15) is 11.6 Å². The van der Waals surface area contributed by atoms with Crippen LogP contribution in [0.2, 0.25) is 0 Å². The molecule has 0 saturated heterocycles. The van der Waals surface area contributed by atoms with Gasteiger partial charge in [-0.2, -0.15) is 0 Å². The summed E-state index contributed by atoms with van der Waals surface area (Å²) in [6, 6.07) is 11.9. The molecule has 0 aliphatic carbocycles. The molecule has 1 atom stereocenters. The van der Waals surface area contributed by atoms with E-state index in [4.69, 9.17) is 9.84 Å². The minimum atomic E-state index is -0.551. The van der Waals surface area contributed by atoms with Gasteiger partial charge in [-0.3, -0.25) is 0 Å². The number of hydrogen-bond acceptors (Lipinski definition) is 3. The van der Waals surface area contributed by atoms with E-state index < -0.39 is 17.9 Å². The highest BCUT2D eigenvalue weighted by molar-refractivity contribution is 5.91. The highest BCUT2D eigenvalue weighted by Crippen LogP contribution is 2.30. The van der Waals surface area contributed by atoms with E-state index in [1.54, 1.807) is 19.1 Å². The lowest BCUT2D eigenvalue weighted by atomic mass is 10.2. The van der Waals surface area contributed by atoms with Gasteiger partial charge in [0.2, 0.25) is 0 Å². The van der Waals surface area contributed by atoms with E-state index in [2.05, 4.69) is 10.6 Å². The fourth-order valence-electron chi connectivity index (χ4n) is 1.73. The highest BCUT2D eigenvalue weighted by atomic mass is 19.1. The molecule has 0 aliphatic heterocycles. The monoisotopic (exact) mass is 304 g/mol. The van der Waals surface area contributed by atoms with Crippen LogP contribution in [0.1, 0.15) is 6.92 Å². The normalized spacial score (nSPS) is 11.6. The van der Waals surface area contributed by atoms with Gasteiger partial charge < -0.3 is 20.5 Å². The SMILES string of the molecule is CC(CO)NC(=O)Nc1cc(F)ccc1Oc1ccccc1. The predicted molar refractivity (Wildman–Crippen MR) is 81.6 cm³/mol. The van der Waals surface area contributed by atoms with Crippen molar-refractivity contribution >= 4 is 11.7 Å². The Balaban J connectivity index is 2.15. The number of carbonyl (C=O) groups is 1. The van der Waals surface area contributed by atoms with Crippen LogP contribution in [0.15, 0.2) is 48.5 Å². The Morgan fingerprint density at radius 3 is 2.68 bits per heavy atom. The number of carbonyl (C=O) groups excluding carboxylic acids is 1. The largest absolute Gasteiger partial charge is 0.455 e. The topological polar surface area (TPSA) is 70.6 Å². The predicted octanol–water partition coefficient (Wildman–Crippen LogP) is 3.12. The number of hydrogen-bond donors (Lipinski definition) is 3. The number of anilines is 1. The molecule has 22 heavy (non-hydrogen) atoms. The van der Waals surface area contributed by atoms with E-state index in [1.165, 1.54) is 18.2 Å². The van der Waals surface area contributed by atoms with Crippen LogP contribution in [0.5, 0.6) is 11.5 Å². The minimum Gasteiger partial charge on any atom is -0.455 e. The van der Waals surface area contributed by atoms with Crippen molar-refractivity contribution in [2.45, 2.75) is 13.0 Å². The lowest BCUT2D eigenvalue weighted by Crippen LogP contribution is -2.38. The first-order valence-electron chi connectivity index (χ1n) is 6.79. The van der Waals surface area contributed by atoms with Crippen molar-refractivity contribution in [1.29, 1.82) is 0 Å². The second-order valence-electron chi connectivity index (χ2n) is 4.74. The van der Waals surface area contributed by atoms with Gasteiger partial charge >= 0.3 is 6.03 Å². The van der Waals surface area contributed by atoms with Crippen LogP contribution in [0.4, 0.5) is 14.9 Å². The molecule has 3 N–H and O–H groups in total. The van der Waals surface area contributed by atoms with E-state index in [0.29, 0.717) is 11.5 Å². The van der Waals surface area contributed by atoms with Crippen LogP contribution in [0.3, 0.4) is 0 Å². The van der Waals surface area contributed by atoms with Crippen LogP contribution in [0, 0.1) is 5.82 Å². The number of halogens is 1. The first kappa shape index (κ1) is 15.8. The summed E-state index contributed by atoms with van der Waals surface area (Å²) in [5.74, 6) is 0.395. The Morgan fingerprint density at radius 2 is 2.00 bits per heavy atom. The van der Waals surface area contributed by atoms with Gasteiger partial charge in [-0.05, 0) is 31.2 Å². The molecule has 0 heterocycles. The molecule has 0 fully saturated rings. The maximum Gasteiger partial charge on any atom is 0.319 e. The summed E-state index contributed by atoms with van der Waals surface area (Å²) in [7, 11) is 0. The molecular formula is C16H17FN2O3. The first-order chi connectivity index (χ1) is 10.6. The van der Waals surface area contributed by atoms with E-state index in [0.717, 1.165) is 0 Å². The zero-order valence-corrected chi connectivity index (χ0v) is 12.0. The molecule has 116 valence electrons. The van der Waals surface area contributed by atoms with Crippen molar-refractivity contribution in [2.24, 2.45) is 0 Å². The molecule has 2 rings (SSSR count). The fourth-order valence-corrected chi connectivity index (χ4v) is 1.73. The van der Waals surface area contributed by atoms with Crippen LogP contribution in [-0.4, -0.2) is 23.8 Å². The molecule has 2 aromatic rings. The molecule has 0 radical (unpaired) electrons. The average molecular weight is 304 g/mol. The number of urea groups is 1. The molecular weight excluding hydrogens is 287 g/mol. The van der Waals surface area contributed by atoms with Gasteiger partial charge in [0, 0.05) is 6.07 Å². The molecule has 0 spiro atoms. The summed E-state index contributed by atoms with van der Waals surface area (Å²) in [6.45, 7) is 1.45. The molecule has 0 aromatic heterocycles. The van der Waals surface area contributed by atoms with Gasteiger partial charge in [-0.1, -0.05) is 18.2 Å². The third-order valence-electron chi connectivity index (χ3n) is 2.81. The standard InChI is InChI=1S/C16H17FN2O3/c1-11(10-20)18-16(21)19-14-9-12(17)7-8-15(14)22-13-5-3-2-4-6-13/h2-9,11,20H,10H2,1H3,(H2,18,19,21). The highest BCUT2D eigenvalue weighted by Gasteiger charge is 2.12. The molecule has 5 nitrogen and oxygen atoms in total. The average Bonchev–Trinajstić information content (AvgIpc) is 2.51. The lowest BCUT2D eigenvalue weighted by Gasteiger charge is -2.15. The maximum absolute atomic E-state index is 13.4. The van der Waals surface area contributed by atoms with E-state index in [-0.39, 0.29) is 12.3 Å². The van der Waals surface area contributed by atoms with Crippen LogP contribution in [0.25, 0.3) is 0 Å². The molecule has 0 bridgehead atoms. The Hall–Kier alpha value is -2.60. The number of benzene rings is 2. The van der Waals surface area contributed by atoms with Crippen molar-refractivity contribution in [3.05, 3.63) is 54.3 Å². The molecule has 0 aliphatic rings. The summed E-state index contributed by atoms with van der Waals surface area (Å²) < 4.78 is 19.0. The van der Waals surface area contributed by atoms with Crippen molar-refractivity contribution in [1.82, 2.24) is 5.32 Å². The number of amides is 2. The summed E-state index contributed by atoms with van der Waals surface area (Å²) in [4.78, 5) is 11.8. The smallest absolute Gasteiger partial charge is 0.319 e. The molecule has 2 amide bonds. The van der Waals surface area contributed by atoms with E-state index in [1.807, 2.05) is 18.2 Å².